The fraction of sp³-hybridized carbons (Fsp3) is 0.235. The molecule has 1 fully saturated rings. The van der Waals surface area contributed by atoms with E-state index in [2.05, 4.69) is 0 Å². The lowest BCUT2D eigenvalue weighted by Gasteiger charge is -2.09. The molecule has 0 heterocycles. The largest absolute Gasteiger partial charge is 0.508 e. The van der Waals surface area contributed by atoms with Crippen molar-refractivity contribution in [1.29, 1.82) is 0 Å². The number of halogens is 2. The fourth-order valence-corrected chi connectivity index (χ4v) is 2.45. The van der Waals surface area contributed by atoms with E-state index in [1.807, 2.05) is 0 Å². The van der Waals surface area contributed by atoms with Crippen LogP contribution in [-0.4, -0.2) is 22.8 Å². The third-order valence-electron chi connectivity index (χ3n) is 3.89. The summed E-state index contributed by atoms with van der Waals surface area (Å²) in [5.74, 6) is -2.75. The number of hydrogen-bond donors (Lipinski definition) is 2. The maximum Gasteiger partial charge on any atom is 0.306 e. The summed E-state index contributed by atoms with van der Waals surface area (Å²) in [5, 5.41) is 18.2. The topological polar surface area (TPSA) is 66.8 Å². The Morgan fingerprint density at radius 1 is 1.17 bits per heavy atom. The SMILES string of the molecule is O=C(O)C1CC1COc1ccc(-c2cc(O)ccc2F)cc1F. The lowest BCUT2D eigenvalue weighted by Crippen LogP contribution is -2.07. The number of aromatic hydroxyl groups is 1. The minimum Gasteiger partial charge on any atom is -0.508 e. The molecular weight excluding hydrogens is 306 g/mol. The third-order valence-corrected chi connectivity index (χ3v) is 3.89. The van der Waals surface area contributed by atoms with Crippen molar-refractivity contribution >= 4 is 5.97 Å². The molecule has 0 spiro atoms. The first-order chi connectivity index (χ1) is 11.0. The van der Waals surface area contributed by atoms with Crippen molar-refractivity contribution in [2.24, 2.45) is 11.8 Å². The molecule has 0 amide bonds. The highest BCUT2D eigenvalue weighted by atomic mass is 19.1. The molecule has 4 nitrogen and oxygen atoms in total. The molecule has 2 unspecified atom stereocenters. The van der Waals surface area contributed by atoms with Gasteiger partial charge in [-0.05, 0) is 42.3 Å². The zero-order valence-electron chi connectivity index (χ0n) is 12.0. The smallest absolute Gasteiger partial charge is 0.306 e. The van der Waals surface area contributed by atoms with Gasteiger partial charge in [0, 0.05) is 11.5 Å². The molecule has 0 bridgehead atoms. The van der Waals surface area contributed by atoms with Crippen LogP contribution in [0.3, 0.4) is 0 Å². The number of carbonyl (C=O) groups is 1. The summed E-state index contributed by atoms with van der Waals surface area (Å²) in [5.41, 5.74) is 0.363. The Morgan fingerprint density at radius 3 is 2.61 bits per heavy atom. The molecule has 2 N–H and O–H groups in total. The molecule has 2 atom stereocenters. The van der Waals surface area contributed by atoms with Crippen molar-refractivity contribution in [2.75, 3.05) is 6.61 Å². The summed E-state index contributed by atoms with van der Waals surface area (Å²) in [4.78, 5) is 10.7. The van der Waals surface area contributed by atoms with Crippen LogP contribution in [0.25, 0.3) is 11.1 Å². The quantitative estimate of drug-likeness (QED) is 0.885. The van der Waals surface area contributed by atoms with Gasteiger partial charge >= 0.3 is 5.97 Å². The van der Waals surface area contributed by atoms with Crippen molar-refractivity contribution in [3.05, 3.63) is 48.0 Å². The van der Waals surface area contributed by atoms with E-state index in [0.29, 0.717) is 6.42 Å². The van der Waals surface area contributed by atoms with Gasteiger partial charge in [-0.25, -0.2) is 8.78 Å². The highest BCUT2D eigenvalue weighted by Crippen LogP contribution is 2.39. The van der Waals surface area contributed by atoms with E-state index in [1.165, 1.54) is 24.3 Å². The van der Waals surface area contributed by atoms with Crippen LogP contribution in [-0.2, 0) is 4.79 Å². The van der Waals surface area contributed by atoms with Crippen LogP contribution in [0, 0.1) is 23.5 Å². The van der Waals surface area contributed by atoms with Crippen LogP contribution in [0.2, 0.25) is 0 Å². The molecule has 3 rings (SSSR count). The zero-order valence-corrected chi connectivity index (χ0v) is 12.0. The fourth-order valence-electron chi connectivity index (χ4n) is 2.45. The van der Waals surface area contributed by atoms with Crippen LogP contribution in [0.4, 0.5) is 8.78 Å². The Morgan fingerprint density at radius 2 is 1.96 bits per heavy atom. The van der Waals surface area contributed by atoms with Gasteiger partial charge in [-0.3, -0.25) is 4.79 Å². The number of rotatable bonds is 5. The summed E-state index contributed by atoms with van der Waals surface area (Å²) in [6.45, 7) is 0.133. The van der Waals surface area contributed by atoms with E-state index in [4.69, 9.17) is 9.84 Å². The summed E-state index contributed by atoms with van der Waals surface area (Å²) >= 11 is 0. The predicted octanol–water partition coefficient (Wildman–Crippen LogP) is 3.44. The van der Waals surface area contributed by atoms with Crippen molar-refractivity contribution in [3.63, 3.8) is 0 Å². The number of hydrogen-bond acceptors (Lipinski definition) is 3. The molecule has 1 aliphatic carbocycles. The first-order valence-electron chi connectivity index (χ1n) is 7.09. The lowest BCUT2D eigenvalue weighted by atomic mass is 10.0. The average Bonchev–Trinajstić information content (AvgIpc) is 3.28. The first-order valence-corrected chi connectivity index (χ1v) is 7.09. The zero-order chi connectivity index (χ0) is 16.6. The number of aliphatic carboxylic acids is 1. The number of carboxylic acids is 1. The molecule has 0 aromatic heterocycles. The number of carboxylic acid groups (broad SMARTS) is 1. The van der Waals surface area contributed by atoms with Gasteiger partial charge in [0.2, 0.25) is 0 Å². The molecular formula is C17H14F2O4. The van der Waals surface area contributed by atoms with E-state index >= 15 is 0 Å². The van der Waals surface area contributed by atoms with Gasteiger partial charge in [-0.2, -0.15) is 0 Å². The monoisotopic (exact) mass is 320 g/mol. The van der Waals surface area contributed by atoms with E-state index in [9.17, 15) is 18.7 Å². The van der Waals surface area contributed by atoms with E-state index in [-0.39, 0.29) is 35.2 Å². The average molecular weight is 320 g/mol. The van der Waals surface area contributed by atoms with Gasteiger partial charge in [0.25, 0.3) is 0 Å². The van der Waals surface area contributed by atoms with E-state index < -0.39 is 23.5 Å². The summed E-state index contributed by atoms with van der Waals surface area (Å²) < 4.78 is 33.1. The van der Waals surface area contributed by atoms with Crippen LogP contribution in [0.1, 0.15) is 6.42 Å². The van der Waals surface area contributed by atoms with Gasteiger partial charge in [0.1, 0.15) is 11.6 Å². The molecule has 2 aromatic carbocycles. The lowest BCUT2D eigenvalue weighted by molar-refractivity contribution is -0.138. The first kappa shape index (κ1) is 15.3. The van der Waals surface area contributed by atoms with Crippen molar-refractivity contribution in [3.8, 4) is 22.6 Å². The molecule has 120 valence electrons. The Labute approximate surface area is 131 Å². The van der Waals surface area contributed by atoms with Crippen LogP contribution in [0.5, 0.6) is 11.5 Å². The van der Waals surface area contributed by atoms with Crippen LogP contribution < -0.4 is 4.74 Å². The standard InChI is InChI=1S/C17H14F2O4/c18-14-3-2-11(20)7-12(14)9-1-4-16(15(19)6-9)23-8-10-5-13(10)17(21)22/h1-4,6-7,10,13,20H,5,8H2,(H,21,22). The van der Waals surface area contributed by atoms with Gasteiger partial charge in [-0.1, -0.05) is 6.07 Å². The normalized spacial score (nSPS) is 19.4. The molecule has 23 heavy (non-hydrogen) atoms. The van der Waals surface area contributed by atoms with Crippen LogP contribution >= 0.6 is 0 Å². The molecule has 6 heteroatoms. The Hall–Kier alpha value is -2.63. The summed E-state index contributed by atoms with van der Waals surface area (Å²) in [6.07, 6.45) is 0.531. The molecule has 0 radical (unpaired) electrons. The van der Waals surface area contributed by atoms with Gasteiger partial charge in [0.15, 0.2) is 11.6 Å². The second-order valence-electron chi connectivity index (χ2n) is 5.56. The van der Waals surface area contributed by atoms with Gasteiger partial charge in [-0.15, -0.1) is 0 Å². The van der Waals surface area contributed by atoms with Crippen molar-refractivity contribution in [2.45, 2.75) is 6.42 Å². The third kappa shape index (κ3) is 3.26. The summed E-state index contributed by atoms with van der Waals surface area (Å²) in [6, 6.07) is 7.50. The minimum absolute atomic E-state index is 0.00894. The van der Waals surface area contributed by atoms with E-state index in [1.54, 1.807) is 0 Å². The predicted molar refractivity (Wildman–Crippen MR) is 78.2 cm³/mol. The van der Waals surface area contributed by atoms with E-state index in [0.717, 1.165) is 12.1 Å². The molecule has 2 aromatic rings. The molecule has 1 saturated carbocycles. The number of phenolic OH excluding ortho intramolecular Hbond substituents is 1. The number of ether oxygens (including phenoxy) is 1. The second kappa shape index (κ2) is 5.87. The minimum atomic E-state index is -0.867. The summed E-state index contributed by atoms with van der Waals surface area (Å²) in [7, 11) is 0. The number of phenols is 1. The molecule has 0 aliphatic heterocycles. The Balaban J connectivity index is 1.73. The highest BCUT2D eigenvalue weighted by Gasteiger charge is 2.43. The van der Waals surface area contributed by atoms with Gasteiger partial charge in [0.05, 0.1) is 12.5 Å². The Kier molecular flexibility index (Phi) is 3.90. The van der Waals surface area contributed by atoms with Crippen molar-refractivity contribution in [1.82, 2.24) is 0 Å². The van der Waals surface area contributed by atoms with Crippen LogP contribution in [0.15, 0.2) is 36.4 Å². The highest BCUT2D eigenvalue weighted by molar-refractivity contribution is 5.73. The molecule has 0 saturated heterocycles. The molecule has 1 aliphatic rings. The maximum absolute atomic E-state index is 14.1. The van der Waals surface area contributed by atoms with Gasteiger partial charge < -0.3 is 14.9 Å². The second-order valence-corrected chi connectivity index (χ2v) is 5.56. The van der Waals surface area contributed by atoms with Crippen molar-refractivity contribution < 1.29 is 28.5 Å². The maximum atomic E-state index is 14.1. The number of benzene rings is 2. The Bertz CT molecular complexity index is 760.